The van der Waals surface area contributed by atoms with Crippen LogP contribution in [0.3, 0.4) is 0 Å². The second-order valence-electron chi connectivity index (χ2n) is 10.3. The van der Waals surface area contributed by atoms with Crippen molar-refractivity contribution in [3.8, 4) is 11.5 Å². The topological polar surface area (TPSA) is 88.2 Å². The Morgan fingerprint density at radius 1 is 1.05 bits per heavy atom. The number of likely N-dealkylation sites (N-methyl/N-ethyl adjacent to an activating group) is 1. The molecule has 3 aromatic carbocycles. The van der Waals surface area contributed by atoms with E-state index in [1.54, 1.807) is 19.2 Å². The third kappa shape index (κ3) is 5.87. The summed E-state index contributed by atoms with van der Waals surface area (Å²) in [7, 11) is 3.24. The molecule has 2 heterocycles. The van der Waals surface area contributed by atoms with E-state index in [-0.39, 0.29) is 31.2 Å². The molecule has 8 heteroatoms. The minimum atomic E-state index is -0.702. The molecule has 208 valence electrons. The van der Waals surface area contributed by atoms with Crippen molar-refractivity contribution >= 4 is 18.1 Å². The van der Waals surface area contributed by atoms with Crippen LogP contribution in [-0.4, -0.2) is 54.6 Å². The van der Waals surface area contributed by atoms with E-state index in [2.05, 4.69) is 46.6 Å². The summed E-state index contributed by atoms with van der Waals surface area (Å²) >= 11 is 0. The summed E-state index contributed by atoms with van der Waals surface area (Å²) in [6.45, 7) is 3.46. The first kappa shape index (κ1) is 27.4. The van der Waals surface area contributed by atoms with Gasteiger partial charge in [-0.25, -0.2) is 0 Å². The molecule has 0 bridgehead atoms. The number of nitrogens with zero attached hydrogens (tertiary/aromatic N) is 2. The Hall–Kier alpha value is -4.17. The van der Waals surface area contributed by atoms with Crippen molar-refractivity contribution < 1.29 is 23.9 Å². The lowest BCUT2D eigenvalue weighted by molar-refractivity contribution is -0.125. The van der Waals surface area contributed by atoms with Gasteiger partial charge in [0.1, 0.15) is 30.4 Å². The van der Waals surface area contributed by atoms with Crippen LogP contribution in [0.5, 0.6) is 11.5 Å². The van der Waals surface area contributed by atoms with E-state index in [0.29, 0.717) is 17.9 Å². The number of hydrogen-bond donors (Lipinski definition) is 1. The number of amides is 2. The molecule has 40 heavy (non-hydrogen) atoms. The molecule has 0 saturated carbocycles. The predicted molar refractivity (Wildman–Crippen MR) is 151 cm³/mol. The number of benzene rings is 3. The molecule has 0 aromatic heterocycles. The monoisotopic (exact) mass is 541 g/mol. The minimum Gasteiger partial charge on any atom is -0.497 e. The van der Waals surface area contributed by atoms with Gasteiger partial charge in [0.25, 0.3) is 5.91 Å². The normalized spacial score (nSPS) is 15.2. The SMILES string of the molecule is CNC(=O)C(CCC=O)N1Cc2c(OCc3ccc(CN4CCc5cc(OC)ccc5C4)cc3)cccc2C1=O. The highest BCUT2D eigenvalue weighted by atomic mass is 16.5. The molecule has 0 aliphatic carbocycles. The van der Waals surface area contributed by atoms with Gasteiger partial charge in [0, 0.05) is 44.2 Å². The third-order valence-electron chi connectivity index (χ3n) is 7.76. The predicted octanol–water partition coefficient (Wildman–Crippen LogP) is 3.88. The molecule has 0 saturated heterocycles. The fraction of sp³-hybridized carbons (Fsp3) is 0.344. The maximum absolute atomic E-state index is 13.1. The van der Waals surface area contributed by atoms with Gasteiger partial charge in [-0.05, 0) is 59.4 Å². The largest absolute Gasteiger partial charge is 0.497 e. The summed E-state index contributed by atoms with van der Waals surface area (Å²) in [6.07, 6.45) is 2.27. The third-order valence-corrected chi connectivity index (χ3v) is 7.76. The molecule has 1 N–H and O–H groups in total. The molecule has 2 aliphatic rings. The number of fused-ring (bicyclic) bond motifs is 2. The molecule has 1 unspecified atom stereocenters. The summed E-state index contributed by atoms with van der Waals surface area (Å²) in [4.78, 5) is 40.5. The van der Waals surface area contributed by atoms with Gasteiger partial charge in [-0.2, -0.15) is 0 Å². The number of methoxy groups -OCH3 is 1. The summed E-state index contributed by atoms with van der Waals surface area (Å²) in [5.41, 5.74) is 6.31. The van der Waals surface area contributed by atoms with E-state index < -0.39 is 6.04 Å². The molecule has 0 fully saturated rings. The molecule has 5 rings (SSSR count). The van der Waals surface area contributed by atoms with E-state index in [1.807, 2.05) is 12.1 Å². The molecule has 0 radical (unpaired) electrons. The van der Waals surface area contributed by atoms with E-state index in [9.17, 15) is 14.4 Å². The first-order valence-electron chi connectivity index (χ1n) is 13.7. The highest BCUT2D eigenvalue weighted by molar-refractivity contribution is 6.01. The number of nitrogens with one attached hydrogen (secondary N) is 1. The average Bonchev–Trinajstić information content (AvgIpc) is 3.33. The maximum atomic E-state index is 13.1. The Labute approximate surface area is 234 Å². The maximum Gasteiger partial charge on any atom is 0.255 e. The second kappa shape index (κ2) is 12.3. The molecule has 2 amide bonds. The van der Waals surface area contributed by atoms with Gasteiger partial charge in [-0.3, -0.25) is 14.5 Å². The number of carbonyl (C=O) groups excluding carboxylic acids is 3. The van der Waals surface area contributed by atoms with Crippen LogP contribution < -0.4 is 14.8 Å². The fourth-order valence-electron chi connectivity index (χ4n) is 5.54. The Kier molecular flexibility index (Phi) is 8.45. The Morgan fingerprint density at radius 3 is 2.60 bits per heavy atom. The minimum absolute atomic E-state index is 0.206. The zero-order chi connectivity index (χ0) is 28.1. The molecular formula is C32H35N3O5. The van der Waals surface area contributed by atoms with Crippen molar-refractivity contribution in [2.45, 2.75) is 51.5 Å². The van der Waals surface area contributed by atoms with Crippen molar-refractivity contribution in [1.82, 2.24) is 15.1 Å². The van der Waals surface area contributed by atoms with Crippen molar-refractivity contribution in [3.05, 3.63) is 94.0 Å². The van der Waals surface area contributed by atoms with Crippen molar-refractivity contribution in [1.29, 1.82) is 0 Å². The summed E-state index contributed by atoms with van der Waals surface area (Å²) in [5, 5.41) is 2.61. The first-order valence-corrected chi connectivity index (χ1v) is 13.7. The average molecular weight is 542 g/mol. The highest BCUT2D eigenvalue weighted by Gasteiger charge is 2.37. The van der Waals surface area contributed by atoms with E-state index >= 15 is 0 Å². The Balaban J connectivity index is 1.20. The van der Waals surface area contributed by atoms with Crippen LogP contribution in [0.25, 0.3) is 0 Å². The highest BCUT2D eigenvalue weighted by Crippen LogP contribution is 2.33. The fourth-order valence-corrected chi connectivity index (χ4v) is 5.54. The lowest BCUT2D eigenvalue weighted by Gasteiger charge is -2.29. The molecule has 8 nitrogen and oxygen atoms in total. The van der Waals surface area contributed by atoms with Gasteiger partial charge in [-0.1, -0.05) is 36.4 Å². The van der Waals surface area contributed by atoms with E-state index in [0.717, 1.165) is 49.2 Å². The quantitative estimate of drug-likeness (QED) is 0.371. The van der Waals surface area contributed by atoms with Crippen LogP contribution in [-0.2, 0) is 42.3 Å². The number of aldehydes is 1. The molecule has 3 aromatic rings. The van der Waals surface area contributed by atoms with Crippen LogP contribution in [0.15, 0.2) is 60.7 Å². The van der Waals surface area contributed by atoms with Gasteiger partial charge in [0.2, 0.25) is 5.91 Å². The smallest absolute Gasteiger partial charge is 0.255 e. The van der Waals surface area contributed by atoms with Crippen LogP contribution in [0.2, 0.25) is 0 Å². The molecule has 0 spiro atoms. The molecular weight excluding hydrogens is 506 g/mol. The van der Waals surface area contributed by atoms with E-state index in [4.69, 9.17) is 9.47 Å². The van der Waals surface area contributed by atoms with Crippen LogP contribution in [0, 0.1) is 0 Å². The zero-order valence-electron chi connectivity index (χ0n) is 23.0. The second-order valence-corrected chi connectivity index (χ2v) is 10.3. The number of carbonyl (C=O) groups is 3. The summed E-state index contributed by atoms with van der Waals surface area (Å²) in [5.74, 6) is 1.05. The lowest BCUT2D eigenvalue weighted by atomic mass is 9.99. The van der Waals surface area contributed by atoms with E-state index in [1.165, 1.54) is 28.6 Å². The number of hydrogen-bond acceptors (Lipinski definition) is 6. The standard InChI is InChI=1S/C32H35N3O5/c1-33-31(37)29(6-4-16-36)35-20-28-27(32(35)38)5-3-7-30(28)40-21-23-10-8-22(9-11-23)18-34-15-14-24-17-26(39-2)13-12-25(24)19-34/h3,5,7-13,16-17,29H,4,6,14-15,18-21H2,1-2H3,(H,33,37). The van der Waals surface area contributed by atoms with Crippen molar-refractivity contribution in [2.75, 3.05) is 20.7 Å². The van der Waals surface area contributed by atoms with Crippen LogP contribution in [0.1, 0.15) is 51.0 Å². The summed E-state index contributed by atoms with van der Waals surface area (Å²) < 4.78 is 11.5. The van der Waals surface area contributed by atoms with Gasteiger partial charge in [-0.15, -0.1) is 0 Å². The van der Waals surface area contributed by atoms with Gasteiger partial charge in [0.05, 0.1) is 13.7 Å². The van der Waals surface area contributed by atoms with Crippen LogP contribution >= 0.6 is 0 Å². The molecule has 2 aliphatic heterocycles. The molecule has 1 atom stereocenters. The van der Waals surface area contributed by atoms with Gasteiger partial charge < -0.3 is 24.5 Å². The van der Waals surface area contributed by atoms with Crippen LogP contribution in [0.4, 0.5) is 0 Å². The first-order chi connectivity index (χ1) is 19.5. The van der Waals surface area contributed by atoms with Gasteiger partial charge in [0.15, 0.2) is 0 Å². The Morgan fingerprint density at radius 2 is 1.85 bits per heavy atom. The van der Waals surface area contributed by atoms with Gasteiger partial charge >= 0.3 is 0 Å². The zero-order valence-corrected chi connectivity index (χ0v) is 23.0. The number of rotatable bonds is 11. The van der Waals surface area contributed by atoms with Crippen molar-refractivity contribution in [3.63, 3.8) is 0 Å². The summed E-state index contributed by atoms with van der Waals surface area (Å²) in [6, 6.07) is 19.5. The Bertz CT molecular complexity index is 1390. The lowest BCUT2D eigenvalue weighted by Crippen LogP contribution is -2.46. The number of ether oxygens (including phenoxy) is 2. The van der Waals surface area contributed by atoms with Crippen molar-refractivity contribution in [2.24, 2.45) is 0 Å².